The van der Waals surface area contributed by atoms with Crippen LogP contribution in [0.2, 0.25) is 0 Å². The number of guanidine groups is 1. The Balaban J connectivity index is 1.79. The smallest absolute Gasteiger partial charge is 0.191 e. The van der Waals surface area contributed by atoms with E-state index in [1.165, 1.54) is 0 Å². The lowest BCUT2D eigenvalue weighted by Crippen LogP contribution is -2.42. The van der Waals surface area contributed by atoms with Crippen LogP contribution in [0.1, 0.15) is 18.4 Å². The SMILES string of the molecule is CN=C(NCc1cnn(C)c1)NC1CC=CC1. The fraction of sp³-hybridized carbons (Fsp3) is 0.500. The molecule has 92 valence electrons. The number of aromatic nitrogens is 2. The Bertz CT molecular complexity index is 410. The summed E-state index contributed by atoms with van der Waals surface area (Å²) in [6.07, 6.45) is 10.4. The zero-order chi connectivity index (χ0) is 12.1. The molecule has 0 aliphatic heterocycles. The summed E-state index contributed by atoms with van der Waals surface area (Å²) >= 11 is 0. The van der Waals surface area contributed by atoms with Crippen molar-refractivity contribution < 1.29 is 0 Å². The molecular weight excluding hydrogens is 214 g/mol. The van der Waals surface area contributed by atoms with Crippen molar-refractivity contribution >= 4 is 5.96 Å². The average Bonchev–Trinajstić information content (AvgIpc) is 2.96. The molecule has 0 amide bonds. The van der Waals surface area contributed by atoms with Crippen LogP contribution in [0.4, 0.5) is 0 Å². The molecule has 5 nitrogen and oxygen atoms in total. The third-order valence-corrected chi connectivity index (χ3v) is 2.79. The molecule has 2 N–H and O–H groups in total. The highest BCUT2D eigenvalue weighted by Crippen LogP contribution is 2.08. The van der Waals surface area contributed by atoms with Crippen LogP contribution in [0.25, 0.3) is 0 Å². The van der Waals surface area contributed by atoms with Gasteiger partial charge in [-0.2, -0.15) is 5.10 Å². The summed E-state index contributed by atoms with van der Waals surface area (Å²) in [6.45, 7) is 0.744. The largest absolute Gasteiger partial charge is 0.353 e. The van der Waals surface area contributed by atoms with Crippen molar-refractivity contribution in [2.45, 2.75) is 25.4 Å². The first-order valence-corrected chi connectivity index (χ1v) is 5.87. The van der Waals surface area contributed by atoms with Crippen LogP contribution >= 0.6 is 0 Å². The van der Waals surface area contributed by atoms with Crippen LogP contribution in [0.15, 0.2) is 29.5 Å². The normalized spacial score (nSPS) is 16.5. The molecule has 0 aromatic carbocycles. The quantitative estimate of drug-likeness (QED) is 0.461. The zero-order valence-corrected chi connectivity index (χ0v) is 10.3. The summed E-state index contributed by atoms with van der Waals surface area (Å²) in [4.78, 5) is 4.21. The highest BCUT2D eigenvalue weighted by Gasteiger charge is 2.11. The van der Waals surface area contributed by atoms with Crippen molar-refractivity contribution in [3.8, 4) is 0 Å². The second kappa shape index (κ2) is 5.52. The lowest BCUT2D eigenvalue weighted by atomic mass is 10.2. The van der Waals surface area contributed by atoms with Crippen molar-refractivity contribution in [2.24, 2.45) is 12.0 Å². The topological polar surface area (TPSA) is 54.2 Å². The third kappa shape index (κ3) is 3.34. The summed E-state index contributed by atoms with van der Waals surface area (Å²) in [5.74, 6) is 0.850. The second-order valence-electron chi connectivity index (χ2n) is 4.23. The van der Waals surface area contributed by atoms with Gasteiger partial charge in [0, 0.05) is 38.4 Å². The Morgan fingerprint density at radius 1 is 1.53 bits per heavy atom. The molecule has 0 radical (unpaired) electrons. The van der Waals surface area contributed by atoms with Crippen LogP contribution in [-0.4, -0.2) is 28.8 Å². The summed E-state index contributed by atoms with van der Waals surface area (Å²) in [5, 5.41) is 10.8. The van der Waals surface area contributed by atoms with E-state index in [9.17, 15) is 0 Å². The van der Waals surface area contributed by atoms with Gasteiger partial charge >= 0.3 is 0 Å². The lowest BCUT2D eigenvalue weighted by molar-refractivity contribution is 0.633. The summed E-state index contributed by atoms with van der Waals surface area (Å²) in [5.41, 5.74) is 1.15. The van der Waals surface area contributed by atoms with E-state index in [0.717, 1.165) is 30.9 Å². The molecule has 0 atom stereocenters. The predicted octanol–water partition coefficient (Wildman–Crippen LogP) is 0.804. The number of nitrogens with one attached hydrogen (secondary N) is 2. The van der Waals surface area contributed by atoms with Gasteiger partial charge in [-0.15, -0.1) is 0 Å². The minimum atomic E-state index is 0.482. The van der Waals surface area contributed by atoms with Crippen LogP contribution < -0.4 is 10.6 Å². The van der Waals surface area contributed by atoms with E-state index in [0.29, 0.717) is 6.04 Å². The molecular formula is C12H19N5. The van der Waals surface area contributed by atoms with Gasteiger partial charge in [0.15, 0.2) is 5.96 Å². The number of hydrogen-bond acceptors (Lipinski definition) is 2. The van der Waals surface area contributed by atoms with Crippen molar-refractivity contribution in [1.29, 1.82) is 0 Å². The van der Waals surface area contributed by atoms with Crippen LogP contribution in [-0.2, 0) is 13.6 Å². The van der Waals surface area contributed by atoms with E-state index in [-0.39, 0.29) is 0 Å². The fourth-order valence-electron chi connectivity index (χ4n) is 1.87. The number of nitrogens with zero attached hydrogens (tertiary/aromatic N) is 3. The minimum Gasteiger partial charge on any atom is -0.353 e. The van der Waals surface area contributed by atoms with Gasteiger partial charge in [-0.25, -0.2) is 0 Å². The molecule has 0 spiro atoms. The van der Waals surface area contributed by atoms with Gasteiger partial charge in [0.25, 0.3) is 0 Å². The molecule has 0 unspecified atom stereocenters. The first-order valence-electron chi connectivity index (χ1n) is 5.87. The Labute approximate surface area is 102 Å². The molecule has 2 rings (SSSR count). The van der Waals surface area contributed by atoms with E-state index in [4.69, 9.17) is 0 Å². The van der Waals surface area contributed by atoms with E-state index >= 15 is 0 Å². The number of aliphatic imine (C=N–C) groups is 1. The highest BCUT2D eigenvalue weighted by atomic mass is 15.2. The van der Waals surface area contributed by atoms with Gasteiger partial charge in [0.2, 0.25) is 0 Å². The molecule has 1 aliphatic rings. The molecule has 0 saturated heterocycles. The van der Waals surface area contributed by atoms with E-state index in [2.05, 4.69) is 32.9 Å². The first kappa shape index (κ1) is 11.7. The molecule has 17 heavy (non-hydrogen) atoms. The molecule has 1 aromatic heterocycles. The molecule has 1 aromatic rings. The molecule has 1 aliphatic carbocycles. The summed E-state index contributed by atoms with van der Waals surface area (Å²) in [7, 11) is 3.71. The van der Waals surface area contributed by atoms with Gasteiger partial charge in [-0.1, -0.05) is 12.2 Å². The van der Waals surface area contributed by atoms with Crippen molar-refractivity contribution in [3.05, 3.63) is 30.1 Å². The van der Waals surface area contributed by atoms with E-state index in [1.807, 2.05) is 19.4 Å². The summed E-state index contributed by atoms with van der Waals surface area (Å²) in [6, 6.07) is 0.482. The van der Waals surface area contributed by atoms with Crippen molar-refractivity contribution in [2.75, 3.05) is 7.05 Å². The Hall–Kier alpha value is -1.78. The molecule has 5 heteroatoms. The predicted molar refractivity (Wildman–Crippen MR) is 68.7 cm³/mol. The maximum atomic E-state index is 4.21. The minimum absolute atomic E-state index is 0.482. The third-order valence-electron chi connectivity index (χ3n) is 2.79. The zero-order valence-electron chi connectivity index (χ0n) is 10.3. The van der Waals surface area contributed by atoms with Gasteiger partial charge < -0.3 is 10.6 Å². The maximum absolute atomic E-state index is 4.21. The van der Waals surface area contributed by atoms with Crippen molar-refractivity contribution in [3.63, 3.8) is 0 Å². The monoisotopic (exact) mass is 233 g/mol. The van der Waals surface area contributed by atoms with E-state index < -0.39 is 0 Å². The molecule has 0 fully saturated rings. The van der Waals surface area contributed by atoms with Crippen LogP contribution in [0.5, 0.6) is 0 Å². The van der Waals surface area contributed by atoms with Gasteiger partial charge in [-0.3, -0.25) is 9.67 Å². The average molecular weight is 233 g/mol. The van der Waals surface area contributed by atoms with Crippen LogP contribution in [0, 0.1) is 0 Å². The standard InChI is InChI=1S/C12H19N5/c1-13-12(16-11-5-3-4-6-11)14-7-10-8-15-17(2)9-10/h3-4,8-9,11H,5-7H2,1-2H3,(H2,13,14,16). The number of aryl methyl sites for hydroxylation is 1. The number of hydrogen-bond donors (Lipinski definition) is 2. The fourth-order valence-corrected chi connectivity index (χ4v) is 1.87. The highest BCUT2D eigenvalue weighted by molar-refractivity contribution is 5.80. The maximum Gasteiger partial charge on any atom is 0.191 e. The van der Waals surface area contributed by atoms with Crippen molar-refractivity contribution in [1.82, 2.24) is 20.4 Å². The molecule has 0 bridgehead atoms. The molecule has 1 heterocycles. The second-order valence-corrected chi connectivity index (χ2v) is 4.23. The lowest BCUT2D eigenvalue weighted by Gasteiger charge is -2.16. The van der Waals surface area contributed by atoms with Gasteiger partial charge in [0.05, 0.1) is 6.20 Å². The molecule has 0 saturated carbocycles. The first-order chi connectivity index (χ1) is 8.28. The van der Waals surface area contributed by atoms with Gasteiger partial charge in [0.1, 0.15) is 0 Å². The van der Waals surface area contributed by atoms with Crippen LogP contribution in [0.3, 0.4) is 0 Å². The Kier molecular flexibility index (Phi) is 3.80. The Morgan fingerprint density at radius 3 is 2.88 bits per heavy atom. The summed E-state index contributed by atoms with van der Waals surface area (Å²) < 4.78 is 1.80. The van der Waals surface area contributed by atoms with Gasteiger partial charge in [-0.05, 0) is 12.8 Å². The number of rotatable bonds is 3. The Morgan fingerprint density at radius 2 is 2.29 bits per heavy atom. The van der Waals surface area contributed by atoms with E-state index in [1.54, 1.807) is 11.7 Å².